The Morgan fingerprint density at radius 2 is 2.00 bits per heavy atom. The van der Waals surface area contributed by atoms with E-state index in [1.807, 2.05) is 0 Å². The first kappa shape index (κ1) is 28.2. The standard InChI is InChI=1S/C22H21F2N3O5S.C4H8S/c1-22(2)17-10-13(19(28)26-33(3)8-7-30-32-33)9-14(12-25)18(17)27(20(22)29)15-5-4-6-16(11-15)31-21(23)24;1-2-4-5-3-1/h4-6,9-11,21H,7-8H2,1-3H3,(H,26,28);1-4H2. The second-order valence-corrected chi connectivity index (χ2v) is 13.5. The Kier molecular flexibility index (Phi) is 8.52. The first-order valence-corrected chi connectivity index (χ1v) is 15.3. The number of halogens is 2. The summed E-state index contributed by atoms with van der Waals surface area (Å²) in [6.07, 6.45) is 4.68. The van der Waals surface area contributed by atoms with Crippen molar-refractivity contribution in [3.8, 4) is 11.8 Å². The van der Waals surface area contributed by atoms with Crippen molar-refractivity contribution in [2.75, 3.05) is 35.0 Å². The molecular weight excluding hydrogens is 536 g/mol. The van der Waals surface area contributed by atoms with E-state index in [0.717, 1.165) is 0 Å². The van der Waals surface area contributed by atoms with Gasteiger partial charge in [0.2, 0.25) is 5.91 Å². The number of benzene rings is 2. The summed E-state index contributed by atoms with van der Waals surface area (Å²) in [6.45, 7) is 0.700. The van der Waals surface area contributed by atoms with E-state index in [0.29, 0.717) is 23.6 Å². The maximum absolute atomic E-state index is 13.4. The van der Waals surface area contributed by atoms with Gasteiger partial charge in [-0.2, -0.15) is 30.1 Å². The summed E-state index contributed by atoms with van der Waals surface area (Å²) >= 11 is 2.07. The summed E-state index contributed by atoms with van der Waals surface area (Å²) in [7, 11) is -1.95. The number of amides is 2. The van der Waals surface area contributed by atoms with E-state index in [-0.39, 0.29) is 28.5 Å². The second-order valence-electron chi connectivity index (χ2n) is 9.52. The Hall–Kier alpha value is -2.85. The van der Waals surface area contributed by atoms with Crippen LogP contribution >= 0.6 is 22.3 Å². The van der Waals surface area contributed by atoms with Crippen molar-refractivity contribution < 1.29 is 32.3 Å². The highest BCUT2D eigenvalue weighted by Gasteiger charge is 2.46. The first-order valence-electron chi connectivity index (χ1n) is 12.0. The van der Waals surface area contributed by atoms with Crippen molar-refractivity contribution in [2.24, 2.45) is 0 Å². The number of fused-ring (bicyclic) bond motifs is 1. The maximum atomic E-state index is 13.4. The van der Waals surface area contributed by atoms with Crippen LogP contribution in [-0.4, -0.2) is 48.5 Å². The van der Waals surface area contributed by atoms with Crippen molar-refractivity contribution in [2.45, 2.75) is 38.7 Å². The lowest BCUT2D eigenvalue weighted by molar-refractivity contribution is -0.173. The van der Waals surface area contributed by atoms with Gasteiger partial charge in [-0.25, -0.2) is 4.89 Å². The molecule has 0 spiro atoms. The molecule has 204 valence electrons. The van der Waals surface area contributed by atoms with Gasteiger partial charge in [-0.05, 0) is 78.5 Å². The number of rotatable bonds is 5. The van der Waals surface area contributed by atoms with E-state index in [1.54, 1.807) is 32.2 Å². The van der Waals surface area contributed by atoms with Crippen LogP contribution in [0.5, 0.6) is 5.75 Å². The van der Waals surface area contributed by atoms with Gasteiger partial charge in [-0.1, -0.05) is 6.07 Å². The van der Waals surface area contributed by atoms with E-state index < -0.39 is 28.4 Å². The quantitative estimate of drug-likeness (QED) is 0.472. The van der Waals surface area contributed by atoms with Gasteiger partial charge in [-0.15, -0.1) is 0 Å². The minimum Gasteiger partial charge on any atom is -0.435 e. The number of alkyl halides is 2. The lowest BCUT2D eigenvalue weighted by atomic mass is 9.84. The highest BCUT2D eigenvalue weighted by atomic mass is 32.3. The Labute approximate surface area is 226 Å². The zero-order valence-corrected chi connectivity index (χ0v) is 22.9. The number of ether oxygens (including phenoxy) is 1. The number of nitrogens with one attached hydrogen (secondary N) is 1. The molecule has 0 saturated carbocycles. The average Bonchev–Trinajstić information content (AvgIpc) is 3.62. The molecule has 2 aromatic carbocycles. The number of carbonyl (C=O) groups is 2. The van der Waals surface area contributed by atoms with Crippen LogP contribution in [0.4, 0.5) is 20.2 Å². The zero-order valence-electron chi connectivity index (χ0n) is 21.3. The average molecular weight is 566 g/mol. The molecule has 8 nitrogen and oxygen atoms in total. The van der Waals surface area contributed by atoms with Crippen LogP contribution in [-0.2, 0) is 19.4 Å². The normalized spacial score (nSPS) is 23.2. The van der Waals surface area contributed by atoms with Gasteiger partial charge in [0.1, 0.15) is 11.8 Å². The largest absolute Gasteiger partial charge is 0.435 e. The third-order valence-corrected chi connectivity index (χ3v) is 9.43. The van der Waals surface area contributed by atoms with Crippen molar-refractivity contribution in [3.05, 3.63) is 53.1 Å². The predicted molar refractivity (Wildman–Crippen MR) is 144 cm³/mol. The number of nitrogens with zero attached hydrogens (tertiary/aromatic N) is 2. The van der Waals surface area contributed by atoms with Gasteiger partial charge in [0.05, 0.1) is 29.0 Å². The fourth-order valence-corrected chi connectivity index (χ4v) is 6.71. The summed E-state index contributed by atoms with van der Waals surface area (Å²) in [4.78, 5) is 32.6. The fraction of sp³-hybridized carbons (Fsp3) is 0.423. The molecule has 0 aliphatic carbocycles. The molecule has 2 aromatic rings. The van der Waals surface area contributed by atoms with Crippen molar-refractivity contribution in [3.63, 3.8) is 0 Å². The Morgan fingerprint density at radius 3 is 2.58 bits per heavy atom. The van der Waals surface area contributed by atoms with Crippen LogP contribution in [0.15, 0.2) is 36.4 Å². The van der Waals surface area contributed by atoms with E-state index in [4.69, 9.17) is 9.22 Å². The SMILES string of the molecule is C1CCSC1.CC1(C)C(=O)N(c2cccc(OC(F)F)c2)c2c(C#N)cc(C(=O)NS3(C)CCOO3)cc21. The number of hydrogen-bond donors (Lipinski definition) is 1. The van der Waals surface area contributed by atoms with E-state index in [2.05, 4.69) is 27.3 Å². The van der Waals surface area contributed by atoms with Gasteiger partial charge in [0.15, 0.2) is 0 Å². The molecule has 0 bridgehead atoms. The van der Waals surface area contributed by atoms with Gasteiger partial charge in [0.25, 0.3) is 5.91 Å². The Bertz CT molecular complexity index is 1250. The molecule has 2 saturated heterocycles. The minimum atomic E-state index is -3.02. The molecule has 0 radical (unpaired) electrons. The topological polar surface area (TPSA) is 101 Å². The third-order valence-electron chi connectivity index (χ3n) is 6.32. The summed E-state index contributed by atoms with van der Waals surface area (Å²) < 4.78 is 37.9. The minimum absolute atomic E-state index is 0.0977. The maximum Gasteiger partial charge on any atom is 0.387 e. The third kappa shape index (κ3) is 5.91. The summed E-state index contributed by atoms with van der Waals surface area (Å²) in [6, 6.07) is 10.7. The predicted octanol–water partition coefficient (Wildman–Crippen LogP) is 5.58. The lowest BCUT2D eigenvalue weighted by Crippen LogP contribution is -2.33. The molecule has 1 N–H and O–H groups in total. The van der Waals surface area contributed by atoms with Crippen LogP contribution in [0.25, 0.3) is 0 Å². The molecule has 0 aromatic heterocycles. The lowest BCUT2D eigenvalue weighted by Gasteiger charge is -2.27. The summed E-state index contributed by atoms with van der Waals surface area (Å²) in [5, 5.41) is 9.85. The highest BCUT2D eigenvalue weighted by molar-refractivity contribution is 8.28. The van der Waals surface area contributed by atoms with Gasteiger partial charge < -0.3 is 4.74 Å². The Balaban J connectivity index is 0.000000603. The number of thioether (sulfide) groups is 1. The molecular formula is C26H29F2N3O5S2. The molecule has 3 aliphatic rings. The van der Waals surface area contributed by atoms with Crippen LogP contribution in [0.2, 0.25) is 0 Å². The van der Waals surface area contributed by atoms with Crippen molar-refractivity contribution in [1.82, 2.24) is 4.72 Å². The van der Waals surface area contributed by atoms with Crippen molar-refractivity contribution >= 4 is 45.4 Å². The number of hydrogen-bond acceptors (Lipinski definition) is 7. The van der Waals surface area contributed by atoms with Gasteiger partial charge in [0, 0.05) is 23.6 Å². The summed E-state index contributed by atoms with van der Waals surface area (Å²) in [5.74, 6) is 2.42. The first-order chi connectivity index (χ1) is 18.1. The summed E-state index contributed by atoms with van der Waals surface area (Å²) in [5.41, 5.74) is 0.262. The zero-order chi connectivity index (χ0) is 27.5. The van der Waals surface area contributed by atoms with Crippen LogP contribution in [0.3, 0.4) is 0 Å². The molecule has 2 fully saturated rings. The van der Waals surface area contributed by atoms with Gasteiger partial charge >= 0.3 is 6.61 Å². The smallest absolute Gasteiger partial charge is 0.387 e. The molecule has 3 aliphatic heterocycles. The second kappa shape index (κ2) is 11.5. The van der Waals surface area contributed by atoms with Crippen molar-refractivity contribution in [1.29, 1.82) is 5.26 Å². The highest BCUT2D eigenvalue weighted by Crippen LogP contribution is 2.49. The van der Waals surface area contributed by atoms with Crippen LogP contribution < -0.4 is 14.4 Å². The number of nitriles is 1. The number of carbonyl (C=O) groups excluding carboxylic acids is 2. The Morgan fingerprint density at radius 1 is 1.26 bits per heavy atom. The van der Waals surface area contributed by atoms with Crippen LogP contribution in [0.1, 0.15) is 48.2 Å². The number of anilines is 2. The molecule has 3 heterocycles. The van der Waals surface area contributed by atoms with E-state index in [9.17, 15) is 23.6 Å². The molecule has 1 atom stereocenters. The monoisotopic (exact) mass is 565 g/mol. The molecule has 2 amide bonds. The molecule has 5 rings (SSSR count). The van der Waals surface area contributed by atoms with Gasteiger partial charge in [-0.3, -0.25) is 19.2 Å². The molecule has 12 heteroatoms. The van der Waals surface area contributed by atoms with E-state index in [1.165, 1.54) is 53.5 Å². The fourth-order valence-electron chi connectivity index (χ4n) is 4.31. The van der Waals surface area contributed by atoms with Crippen LogP contribution in [0, 0.1) is 11.3 Å². The molecule has 1 unspecified atom stereocenters. The molecule has 38 heavy (non-hydrogen) atoms. The van der Waals surface area contributed by atoms with E-state index >= 15 is 0 Å².